The summed E-state index contributed by atoms with van der Waals surface area (Å²) < 4.78 is 0. The SMILES string of the molecule is CCCCCCCCCCCCCCN(CCCCCCCCCCCCCC)C(C)CCC(=O)[O-].[Li+]. The van der Waals surface area contributed by atoms with Crippen molar-refractivity contribution >= 4 is 5.97 Å². The third-order valence-corrected chi connectivity index (χ3v) is 7.99. The molecular weight excluding hydrogens is 449 g/mol. The molecule has 216 valence electrons. The number of unbranched alkanes of at least 4 members (excludes halogenated alkanes) is 22. The van der Waals surface area contributed by atoms with Crippen molar-refractivity contribution in [1.82, 2.24) is 4.90 Å². The van der Waals surface area contributed by atoms with E-state index in [4.69, 9.17) is 0 Å². The van der Waals surface area contributed by atoms with E-state index in [1.165, 1.54) is 154 Å². The van der Waals surface area contributed by atoms with Gasteiger partial charge >= 0.3 is 18.9 Å². The third kappa shape index (κ3) is 30.4. The molecule has 0 heterocycles. The van der Waals surface area contributed by atoms with Crippen molar-refractivity contribution in [3.8, 4) is 0 Å². The van der Waals surface area contributed by atoms with E-state index in [-0.39, 0.29) is 25.3 Å². The van der Waals surface area contributed by atoms with Gasteiger partial charge in [-0.3, -0.25) is 0 Å². The second-order valence-electron chi connectivity index (χ2n) is 11.6. The monoisotopic (exact) mass is 516 g/mol. The van der Waals surface area contributed by atoms with Crippen molar-refractivity contribution in [2.75, 3.05) is 13.1 Å². The van der Waals surface area contributed by atoms with Gasteiger partial charge in [0, 0.05) is 12.0 Å². The van der Waals surface area contributed by atoms with Crippen molar-refractivity contribution in [2.45, 2.75) is 194 Å². The van der Waals surface area contributed by atoms with Gasteiger partial charge in [-0.25, -0.2) is 0 Å². The topological polar surface area (TPSA) is 43.4 Å². The molecule has 0 N–H and O–H groups in total. The molecule has 37 heavy (non-hydrogen) atoms. The van der Waals surface area contributed by atoms with Crippen LogP contribution in [0.4, 0.5) is 0 Å². The maximum absolute atomic E-state index is 10.9. The van der Waals surface area contributed by atoms with Crippen LogP contribution in [0.1, 0.15) is 188 Å². The standard InChI is InChI=1S/C33H67NO2.Li/c1-4-6-8-10-12-14-16-18-20-22-24-26-30-34(32(3)28-29-33(35)36)31-27-25-23-21-19-17-15-13-11-9-7-5-2;/h32H,4-31H2,1-3H3,(H,35,36);/q;+1/p-1. The van der Waals surface area contributed by atoms with Crippen LogP contribution >= 0.6 is 0 Å². The van der Waals surface area contributed by atoms with E-state index >= 15 is 0 Å². The molecule has 0 aliphatic heterocycles. The van der Waals surface area contributed by atoms with Crippen molar-refractivity contribution in [2.24, 2.45) is 0 Å². The van der Waals surface area contributed by atoms with E-state index < -0.39 is 5.97 Å². The van der Waals surface area contributed by atoms with Gasteiger partial charge in [-0.2, -0.15) is 0 Å². The molecule has 4 heteroatoms. The van der Waals surface area contributed by atoms with Crippen molar-refractivity contribution in [3.05, 3.63) is 0 Å². The Morgan fingerprint density at radius 3 is 1.08 bits per heavy atom. The van der Waals surface area contributed by atoms with E-state index in [1.807, 2.05) is 0 Å². The predicted molar refractivity (Wildman–Crippen MR) is 157 cm³/mol. The zero-order chi connectivity index (χ0) is 26.5. The molecule has 0 aromatic carbocycles. The summed E-state index contributed by atoms with van der Waals surface area (Å²) in [7, 11) is 0. The first-order chi connectivity index (χ1) is 17.6. The molecule has 0 aliphatic carbocycles. The number of carboxylic acids is 1. The summed E-state index contributed by atoms with van der Waals surface area (Å²) >= 11 is 0. The molecule has 0 saturated heterocycles. The summed E-state index contributed by atoms with van der Waals surface area (Å²) in [6.45, 7) is 9.04. The van der Waals surface area contributed by atoms with Gasteiger partial charge in [0.1, 0.15) is 0 Å². The first-order valence-electron chi connectivity index (χ1n) is 16.6. The Labute approximate surface area is 245 Å². The van der Waals surface area contributed by atoms with Crippen molar-refractivity contribution < 1.29 is 28.8 Å². The van der Waals surface area contributed by atoms with E-state index in [1.54, 1.807) is 0 Å². The van der Waals surface area contributed by atoms with Crippen molar-refractivity contribution in [3.63, 3.8) is 0 Å². The summed E-state index contributed by atoms with van der Waals surface area (Å²) in [6, 6.07) is 0.350. The van der Waals surface area contributed by atoms with Crippen LogP contribution < -0.4 is 24.0 Å². The Morgan fingerprint density at radius 1 is 0.541 bits per heavy atom. The molecule has 0 fully saturated rings. The maximum Gasteiger partial charge on any atom is 1.00 e. The summed E-state index contributed by atoms with van der Waals surface area (Å²) in [5.41, 5.74) is 0. The number of nitrogens with zero attached hydrogens (tertiary/aromatic N) is 1. The van der Waals surface area contributed by atoms with E-state index in [0.29, 0.717) is 6.04 Å². The van der Waals surface area contributed by atoms with Crippen LogP contribution in [0.25, 0.3) is 0 Å². The Bertz CT molecular complexity index is 418. The smallest absolute Gasteiger partial charge is 0.550 e. The van der Waals surface area contributed by atoms with Gasteiger partial charge in [0.05, 0.1) is 0 Å². The summed E-state index contributed by atoms with van der Waals surface area (Å²) in [5, 5.41) is 10.9. The van der Waals surface area contributed by atoms with Gasteiger partial charge in [0.15, 0.2) is 0 Å². The Morgan fingerprint density at radius 2 is 0.811 bits per heavy atom. The maximum atomic E-state index is 10.9. The van der Waals surface area contributed by atoms with Crippen LogP contribution in [0, 0.1) is 0 Å². The fourth-order valence-electron chi connectivity index (χ4n) is 5.37. The summed E-state index contributed by atoms with van der Waals surface area (Å²) in [4.78, 5) is 13.5. The van der Waals surface area contributed by atoms with Crippen LogP contribution in [-0.4, -0.2) is 30.0 Å². The average molecular weight is 516 g/mol. The van der Waals surface area contributed by atoms with E-state index in [9.17, 15) is 9.90 Å². The minimum absolute atomic E-state index is 0. The molecule has 0 radical (unpaired) electrons. The van der Waals surface area contributed by atoms with E-state index in [0.717, 1.165) is 19.5 Å². The largest absolute Gasteiger partial charge is 1.00 e. The fraction of sp³-hybridized carbons (Fsp3) is 0.970. The van der Waals surface area contributed by atoms with E-state index in [2.05, 4.69) is 25.7 Å². The summed E-state index contributed by atoms with van der Waals surface area (Å²) in [6.07, 6.45) is 34.1. The second kappa shape index (κ2) is 32.2. The molecule has 0 rings (SSSR count). The van der Waals surface area contributed by atoms with Crippen molar-refractivity contribution in [1.29, 1.82) is 0 Å². The average Bonchev–Trinajstić information content (AvgIpc) is 2.87. The second-order valence-corrected chi connectivity index (χ2v) is 11.6. The summed E-state index contributed by atoms with van der Waals surface area (Å²) in [5.74, 6) is -0.905. The Balaban J connectivity index is 0. The molecule has 3 nitrogen and oxygen atoms in total. The predicted octanol–water partition coefficient (Wildman–Crippen LogP) is 6.61. The van der Waals surface area contributed by atoms with Crippen LogP contribution in [0.15, 0.2) is 0 Å². The van der Waals surface area contributed by atoms with Crippen LogP contribution in [0.3, 0.4) is 0 Å². The van der Waals surface area contributed by atoms with Gasteiger partial charge in [0.25, 0.3) is 0 Å². The molecule has 0 saturated carbocycles. The number of aliphatic carboxylic acids is 1. The number of hydrogen-bond donors (Lipinski definition) is 0. The first kappa shape index (κ1) is 39.2. The molecule has 0 aromatic rings. The van der Waals surface area contributed by atoms with Gasteiger partial charge in [-0.15, -0.1) is 0 Å². The molecule has 1 atom stereocenters. The minimum atomic E-state index is -0.905. The molecule has 0 bridgehead atoms. The minimum Gasteiger partial charge on any atom is -0.550 e. The normalized spacial score (nSPS) is 12.1. The van der Waals surface area contributed by atoms with Gasteiger partial charge in [0.2, 0.25) is 0 Å². The molecular formula is C33H66LiNO2. The molecule has 0 amide bonds. The van der Waals surface area contributed by atoms with Gasteiger partial charge in [-0.05, 0) is 45.7 Å². The van der Waals surface area contributed by atoms with Gasteiger partial charge < -0.3 is 14.8 Å². The fourth-order valence-corrected chi connectivity index (χ4v) is 5.37. The number of rotatable bonds is 30. The number of carbonyl (C=O) groups excluding carboxylic acids is 1. The van der Waals surface area contributed by atoms with Crippen LogP contribution in [0.5, 0.6) is 0 Å². The first-order valence-corrected chi connectivity index (χ1v) is 16.6. The molecule has 0 aliphatic rings. The Kier molecular flexibility index (Phi) is 34.1. The number of hydrogen-bond acceptors (Lipinski definition) is 3. The Hall–Kier alpha value is 0.0274. The molecule has 1 unspecified atom stereocenters. The third-order valence-electron chi connectivity index (χ3n) is 7.99. The van der Waals surface area contributed by atoms with Crippen LogP contribution in [-0.2, 0) is 4.79 Å². The number of carbonyl (C=O) groups is 1. The zero-order valence-corrected chi connectivity index (χ0v) is 26.1. The quantitative estimate of drug-likeness (QED) is 0.0798. The van der Waals surface area contributed by atoms with Gasteiger partial charge in [-0.1, -0.05) is 155 Å². The molecule has 0 aromatic heterocycles. The zero-order valence-electron chi connectivity index (χ0n) is 26.1. The number of carboxylic acid groups (broad SMARTS) is 1. The van der Waals surface area contributed by atoms with Crippen LogP contribution in [0.2, 0.25) is 0 Å². The molecule has 0 spiro atoms.